The van der Waals surface area contributed by atoms with Crippen molar-refractivity contribution < 1.29 is 23.9 Å². The number of esters is 1. The van der Waals surface area contributed by atoms with Crippen molar-refractivity contribution in [2.24, 2.45) is 0 Å². The zero-order valence-corrected chi connectivity index (χ0v) is 27.7. The molecule has 8 heteroatoms. The van der Waals surface area contributed by atoms with Crippen molar-refractivity contribution in [1.29, 1.82) is 0 Å². The monoisotopic (exact) mass is 661 g/mol. The molecule has 1 unspecified atom stereocenters. The molecule has 248 valence electrons. The molecule has 0 radical (unpaired) electrons. The van der Waals surface area contributed by atoms with Gasteiger partial charge in [-0.25, -0.2) is 9.59 Å². The van der Waals surface area contributed by atoms with E-state index in [-0.39, 0.29) is 19.1 Å². The number of alkyl carbamates (subject to hydrolysis) is 1. The van der Waals surface area contributed by atoms with E-state index >= 15 is 0 Å². The number of aromatic nitrogens is 1. The van der Waals surface area contributed by atoms with Gasteiger partial charge in [0.1, 0.15) is 12.4 Å². The van der Waals surface area contributed by atoms with E-state index in [4.69, 9.17) is 9.47 Å². The van der Waals surface area contributed by atoms with Crippen molar-refractivity contribution in [3.05, 3.63) is 161 Å². The number of aryl methyl sites for hydroxylation is 2. The number of carbonyl (C=O) groups is 3. The molecule has 5 aromatic carbocycles. The maximum Gasteiger partial charge on any atom is 0.407 e. The van der Waals surface area contributed by atoms with Gasteiger partial charge in [0, 0.05) is 35.9 Å². The van der Waals surface area contributed by atoms with E-state index in [2.05, 4.69) is 34.6 Å². The van der Waals surface area contributed by atoms with Crippen LogP contribution in [0.4, 0.5) is 10.5 Å². The molecule has 6 aromatic rings. The number of amides is 2. The summed E-state index contributed by atoms with van der Waals surface area (Å²) < 4.78 is 11.5. The largest absolute Gasteiger partial charge is 0.449 e. The molecule has 8 nitrogen and oxygen atoms in total. The minimum atomic E-state index is -0.614. The average molecular weight is 662 g/mol. The molecule has 7 rings (SSSR count). The Hall–Kier alpha value is -6.28. The Bertz CT molecular complexity index is 2170. The van der Waals surface area contributed by atoms with Crippen molar-refractivity contribution in [3.8, 4) is 16.9 Å². The third kappa shape index (κ3) is 6.56. The number of hydrogen-bond donors (Lipinski definition) is 1. The second-order valence-electron chi connectivity index (χ2n) is 12.4. The van der Waals surface area contributed by atoms with Crippen LogP contribution >= 0.6 is 0 Å². The molecule has 1 aromatic heterocycles. The molecule has 0 saturated heterocycles. The Labute approximate surface area is 290 Å². The third-order valence-electron chi connectivity index (χ3n) is 9.23. The van der Waals surface area contributed by atoms with E-state index in [9.17, 15) is 14.4 Å². The lowest BCUT2D eigenvalue weighted by Crippen LogP contribution is -2.38. The summed E-state index contributed by atoms with van der Waals surface area (Å²) in [6.45, 7) is 4.07. The van der Waals surface area contributed by atoms with E-state index in [0.29, 0.717) is 17.0 Å². The molecule has 0 aliphatic heterocycles. The first kappa shape index (κ1) is 32.3. The van der Waals surface area contributed by atoms with E-state index in [0.717, 1.165) is 56.1 Å². The minimum absolute atomic E-state index is 0.0610. The van der Waals surface area contributed by atoms with Crippen LogP contribution in [0.15, 0.2) is 128 Å². The van der Waals surface area contributed by atoms with Crippen LogP contribution in [0, 0.1) is 13.8 Å². The predicted octanol–water partition coefficient (Wildman–Crippen LogP) is 8.31. The highest BCUT2D eigenvalue weighted by Gasteiger charge is 2.29. The molecule has 1 atom stereocenters. The van der Waals surface area contributed by atoms with Gasteiger partial charge in [-0.3, -0.25) is 9.78 Å². The Morgan fingerprint density at radius 1 is 0.840 bits per heavy atom. The number of hydrogen-bond acceptors (Lipinski definition) is 6. The van der Waals surface area contributed by atoms with Crippen molar-refractivity contribution in [3.63, 3.8) is 0 Å². The Balaban J connectivity index is 1.10. The normalized spacial score (nSPS) is 12.4. The molecule has 0 spiro atoms. The van der Waals surface area contributed by atoms with Gasteiger partial charge in [0.15, 0.2) is 0 Å². The number of nitrogens with one attached hydrogen (secondary N) is 1. The van der Waals surface area contributed by atoms with Gasteiger partial charge in [-0.2, -0.15) is 0 Å². The van der Waals surface area contributed by atoms with Gasteiger partial charge >= 0.3 is 12.1 Å². The van der Waals surface area contributed by atoms with Crippen LogP contribution in [0.25, 0.3) is 21.9 Å². The second kappa shape index (κ2) is 14.1. The van der Waals surface area contributed by atoms with Gasteiger partial charge in [0.2, 0.25) is 6.41 Å². The van der Waals surface area contributed by atoms with E-state index in [1.807, 2.05) is 74.5 Å². The standard InChI is InChI=1S/C42H35N3O5/c1-27-11-18-34(28(2)21-27)41(47)50-33-16-13-29(14-17-33)40(45(26-46)32-15-12-31-23-43-20-19-30(31)22-32)24-44-42(48)49-25-39-37-9-5-3-7-35(37)36-8-4-6-10-38(36)39/h3-23,26,39-40H,24-25H2,1-2H3,(H,44,48). The first-order chi connectivity index (χ1) is 24.4. The number of carbonyl (C=O) groups excluding carboxylic acids is 3. The first-order valence-corrected chi connectivity index (χ1v) is 16.5. The highest BCUT2D eigenvalue weighted by molar-refractivity contribution is 5.93. The third-order valence-corrected chi connectivity index (χ3v) is 9.23. The Kier molecular flexibility index (Phi) is 9.08. The number of benzene rings is 5. The van der Waals surface area contributed by atoms with Crippen LogP contribution in [0.1, 0.15) is 50.1 Å². The van der Waals surface area contributed by atoms with Crippen LogP contribution in [-0.4, -0.2) is 36.6 Å². The van der Waals surface area contributed by atoms with Gasteiger partial charge in [0.05, 0.1) is 11.6 Å². The molecule has 50 heavy (non-hydrogen) atoms. The van der Waals surface area contributed by atoms with E-state index in [1.165, 1.54) is 0 Å². The number of anilines is 1. The summed E-state index contributed by atoms with van der Waals surface area (Å²) in [5, 5.41) is 4.75. The van der Waals surface area contributed by atoms with Crippen LogP contribution < -0.4 is 15.0 Å². The van der Waals surface area contributed by atoms with Gasteiger partial charge in [0.25, 0.3) is 0 Å². The van der Waals surface area contributed by atoms with Gasteiger partial charge in [-0.15, -0.1) is 0 Å². The molecule has 1 N–H and O–H groups in total. The smallest absolute Gasteiger partial charge is 0.407 e. The summed E-state index contributed by atoms with van der Waals surface area (Å²) >= 11 is 0. The zero-order chi connectivity index (χ0) is 34.6. The summed E-state index contributed by atoms with van der Waals surface area (Å²) in [5.41, 5.74) is 8.28. The first-order valence-electron chi connectivity index (χ1n) is 16.5. The average Bonchev–Trinajstić information content (AvgIpc) is 3.46. The van der Waals surface area contributed by atoms with Gasteiger partial charge in [-0.05, 0) is 89.0 Å². The summed E-state index contributed by atoms with van der Waals surface area (Å²) in [5.74, 6) is -0.178. The number of pyridine rings is 1. The molecule has 0 saturated carbocycles. The van der Waals surface area contributed by atoms with E-state index in [1.54, 1.807) is 47.6 Å². The lowest BCUT2D eigenvalue weighted by Gasteiger charge is -2.29. The fourth-order valence-corrected chi connectivity index (χ4v) is 6.71. The lowest BCUT2D eigenvalue weighted by molar-refractivity contribution is -0.107. The van der Waals surface area contributed by atoms with Gasteiger partial charge < -0.3 is 19.7 Å². The quantitative estimate of drug-likeness (QED) is 0.0901. The fourth-order valence-electron chi connectivity index (χ4n) is 6.71. The van der Waals surface area contributed by atoms with Crippen molar-refractivity contribution in [2.45, 2.75) is 25.8 Å². The molecular weight excluding hydrogens is 626 g/mol. The summed E-state index contributed by atoms with van der Waals surface area (Å²) in [4.78, 5) is 44.7. The zero-order valence-electron chi connectivity index (χ0n) is 27.7. The van der Waals surface area contributed by atoms with Crippen LogP contribution in [0.3, 0.4) is 0 Å². The molecule has 1 aliphatic rings. The number of ether oxygens (including phenoxy) is 2. The molecule has 1 heterocycles. The maximum absolute atomic E-state index is 13.2. The van der Waals surface area contributed by atoms with Gasteiger partial charge in [-0.1, -0.05) is 84.4 Å². The molecule has 0 bridgehead atoms. The Morgan fingerprint density at radius 2 is 1.56 bits per heavy atom. The minimum Gasteiger partial charge on any atom is -0.449 e. The summed E-state index contributed by atoms with van der Waals surface area (Å²) in [6, 6.07) is 35.8. The highest BCUT2D eigenvalue weighted by Crippen LogP contribution is 2.44. The molecular formula is C42H35N3O5. The van der Waals surface area contributed by atoms with E-state index < -0.39 is 18.1 Å². The molecule has 1 aliphatic carbocycles. The van der Waals surface area contributed by atoms with Crippen LogP contribution in [0.2, 0.25) is 0 Å². The number of rotatable bonds is 10. The summed E-state index contributed by atoms with van der Waals surface area (Å²) in [6.07, 6.45) is 3.62. The number of fused-ring (bicyclic) bond motifs is 4. The predicted molar refractivity (Wildman–Crippen MR) is 193 cm³/mol. The van der Waals surface area contributed by atoms with Crippen molar-refractivity contribution >= 4 is 34.9 Å². The van der Waals surface area contributed by atoms with Crippen LogP contribution in [-0.2, 0) is 9.53 Å². The summed E-state index contributed by atoms with van der Waals surface area (Å²) in [7, 11) is 0. The van der Waals surface area contributed by atoms with Crippen molar-refractivity contribution in [1.82, 2.24) is 10.3 Å². The Morgan fingerprint density at radius 3 is 2.26 bits per heavy atom. The van der Waals surface area contributed by atoms with Crippen LogP contribution in [0.5, 0.6) is 5.75 Å². The second-order valence-corrected chi connectivity index (χ2v) is 12.4. The van der Waals surface area contributed by atoms with Crippen molar-refractivity contribution in [2.75, 3.05) is 18.1 Å². The fraction of sp³-hybridized carbons (Fsp3) is 0.143. The molecule has 2 amide bonds. The highest BCUT2D eigenvalue weighted by atomic mass is 16.5. The SMILES string of the molecule is Cc1ccc(C(=O)Oc2ccc(C(CNC(=O)OCC3c4ccccc4-c4ccccc43)N(C=O)c3ccc4cnccc4c3)cc2)c(C)c1. The number of nitrogens with zero attached hydrogens (tertiary/aromatic N) is 2. The maximum atomic E-state index is 13.2. The topological polar surface area (TPSA) is 97.8 Å². The lowest BCUT2D eigenvalue weighted by atomic mass is 9.98. The molecule has 0 fully saturated rings.